The van der Waals surface area contributed by atoms with Crippen molar-refractivity contribution in [3.8, 4) is 6.01 Å². The largest absolute Gasteiger partial charge is 0.498 e. The molecule has 1 aromatic heterocycles. The maximum atomic E-state index is 11.4. The number of carbonyl (C=O) groups is 1. The van der Waals surface area contributed by atoms with Crippen LogP contribution in [-0.4, -0.2) is 58.3 Å². The highest BCUT2D eigenvalue weighted by Crippen LogP contribution is 2.36. The molecule has 24 heavy (non-hydrogen) atoms. The van der Waals surface area contributed by atoms with E-state index >= 15 is 0 Å². The summed E-state index contributed by atoms with van der Waals surface area (Å²) in [6.45, 7) is 10.9. The topological polar surface area (TPSA) is 73.8 Å². The van der Waals surface area contributed by atoms with Gasteiger partial charge in [0.05, 0.1) is 17.7 Å². The van der Waals surface area contributed by atoms with Gasteiger partial charge in [0.2, 0.25) is 5.91 Å². The highest BCUT2D eigenvalue weighted by molar-refractivity contribution is 6.61. The van der Waals surface area contributed by atoms with Crippen LogP contribution in [0.15, 0.2) is 12.4 Å². The Kier molecular flexibility index (Phi) is 4.29. The molecule has 0 aliphatic carbocycles. The van der Waals surface area contributed by atoms with Crippen LogP contribution in [0.25, 0.3) is 0 Å². The first-order chi connectivity index (χ1) is 11.2. The Morgan fingerprint density at radius 1 is 1.25 bits per heavy atom. The molecule has 3 rings (SSSR count). The van der Waals surface area contributed by atoms with Crippen LogP contribution in [0.1, 0.15) is 41.0 Å². The quantitative estimate of drug-likeness (QED) is 0.761. The number of carbonyl (C=O) groups excluding carboxylic acids is 1. The molecule has 1 atom stereocenters. The summed E-state index contributed by atoms with van der Waals surface area (Å²) >= 11 is 0. The lowest BCUT2D eigenvalue weighted by atomic mass is 9.81. The number of aromatic nitrogens is 2. The van der Waals surface area contributed by atoms with Crippen LogP contribution in [0.2, 0.25) is 0 Å². The van der Waals surface area contributed by atoms with Crippen LogP contribution in [0.4, 0.5) is 0 Å². The summed E-state index contributed by atoms with van der Waals surface area (Å²) in [4.78, 5) is 21.6. The van der Waals surface area contributed by atoms with Crippen molar-refractivity contribution in [3.63, 3.8) is 0 Å². The molecule has 2 aliphatic heterocycles. The van der Waals surface area contributed by atoms with Gasteiger partial charge in [-0.25, -0.2) is 9.97 Å². The lowest BCUT2D eigenvalue weighted by Crippen LogP contribution is -2.41. The number of amides is 1. The molecule has 1 amide bonds. The second-order valence-electron chi connectivity index (χ2n) is 7.38. The summed E-state index contributed by atoms with van der Waals surface area (Å²) in [6, 6.07) is 0.311. The molecular formula is C16H24BN3O4. The minimum atomic E-state index is -0.483. The monoisotopic (exact) mass is 333 g/mol. The van der Waals surface area contributed by atoms with Gasteiger partial charge in [-0.05, 0) is 27.7 Å². The van der Waals surface area contributed by atoms with Crippen molar-refractivity contribution in [1.82, 2.24) is 14.9 Å². The Morgan fingerprint density at radius 2 is 1.83 bits per heavy atom. The first kappa shape index (κ1) is 17.2. The van der Waals surface area contributed by atoms with Crippen molar-refractivity contribution in [1.29, 1.82) is 0 Å². The number of ether oxygens (including phenoxy) is 1. The number of hydrogen-bond donors (Lipinski definition) is 0. The van der Waals surface area contributed by atoms with Crippen molar-refractivity contribution in [3.05, 3.63) is 12.4 Å². The average molecular weight is 333 g/mol. The summed E-state index contributed by atoms with van der Waals surface area (Å²) in [5.74, 6) is 0.0677. The van der Waals surface area contributed by atoms with E-state index in [-0.39, 0.29) is 12.0 Å². The fourth-order valence-corrected chi connectivity index (χ4v) is 2.75. The van der Waals surface area contributed by atoms with Crippen LogP contribution in [-0.2, 0) is 14.1 Å². The van der Waals surface area contributed by atoms with Crippen LogP contribution in [0.3, 0.4) is 0 Å². The maximum absolute atomic E-state index is 11.4. The molecule has 0 N–H and O–H groups in total. The second-order valence-corrected chi connectivity index (χ2v) is 7.38. The predicted molar refractivity (Wildman–Crippen MR) is 89.0 cm³/mol. The standard InChI is InChI=1S/C16H24BN3O4/c1-11(21)20-7-6-13(10-20)22-14-18-8-12(9-19-14)17-23-15(2,3)16(4,5)24-17/h8-9,13H,6-7,10H2,1-5H3/t13-/m1/s1. The molecule has 0 spiro atoms. The van der Waals surface area contributed by atoms with Crippen molar-refractivity contribution < 1.29 is 18.8 Å². The number of rotatable bonds is 3. The molecule has 2 aliphatic rings. The van der Waals surface area contributed by atoms with E-state index < -0.39 is 18.3 Å². The fraction of sp³-hybridized carbons (Fsp3) is 0.688. The van der Waals surface area contributed by atoms with E-state index in [1.165, 1.54) is 0 Å². The van der Waals surface area contributed by atoms with Crippen LogP contribution in [0.5, 0.6) is 6.01 Å². The normalized spacial score (nSPS) is 25.1. The summed E-state index contributed by atoms with van der Waals surface area (Å²) in [5.41, 5.74) is -0.0302. The number of nitrogens with zero attached hydrogens (tertiary/aromatic N) is 3. The van der Waals surface area contributed by atoms with Gasteiger partial charge in [0, 0.05) is 37.7 Å². The van der Waals surface area contributed by atoms with Crippen molar-refractivity contribution >= 4 is 18.5 Å². The lowest BCUT2D eigenvalue weighted by Gasteiger charge is -2.32. The van der Waals surface area contributed by atoms with Crippen LogP contribution >= 0.6 is 0 Å². The predicted octanol–water partition coefficient (Wildman–Crippen LogP) is 0.775. The third-order valence-electron chi connectivity index (χ3n) is 5.04. The summed E-state index contributed by atoms with van der Waals surface area (Å²) in [5, 5.41) is 0. The Hall–Kier alpha value is -1.67. The average Bonchev–Trinajstić information content (AvgIpc) is 3.03. The molecule has 0 saturated carbocycles. The minimum Gasteiger partial charge on any atom is -0.458 e. The van der Waals surface area contributed by atoms with Gasteiger partial charge in [-0.15, -0.1) is 0 Å². The molecule has 8 heteroatoms. The van der Waals surface area contributed by atoms with Gasteiger partial charge in [-0.3, -0.25) is 4.79 Å². The number of hydrogen-bond acceptors (Lipinski definition) is 6. The van der Waals surface area contributed by atoms with Gasteiger partial charge in [0.25, 0.3) is 0 Å². The molecule has 2 saturated heterocycles. The van der Waals surface area contributed by atoms with Gasteiger partial charge in [0.1, 0.15) is 6.10 Å². The van der Waals surface area contributed by atoms with E-state index in [0.29, 0.717) is 19.1 Å². The molecule has 2 fully saturated rings. The molecule has 0 radical (unpaired) electrons. The summed E-state index contributed by atoms with van der Waals surface area (Å²) in [6.07, 6.45) is 4.07. The zero-order valence-corrected chi connectivity index (χ0v) is 14.9. The Labute approximate surface area is 142 Å². The zero-order valence-electron chi connectivity index (χ0n) is 14.9. The first-order valence-electron chi connectivity index (χ1n) is 8.28. The Morgan fingerprint density at radius 3 is 2.33 bits per heavy atom. The van der Waals surface area contributed by atoms with E-state index in [2.05, 4.69) is 9.97 Å². The number of likely N-dealkylation sites (tertiary alicyclic amines) is 1. The zero-order chi connectivity index (χ0) is 17.5. The molecule has 1 aromatic rings. The SMILES string of the molecule is CC(=O)N1CC[C@@H](Oc2ncc(B3OC(C)(C)C(C)(C)O3)cn2)C1. The van der Waals surface area contributed by atoms with E-state index in [0.717, 1.165) is 11.9 Å². The maximum Gasteiger partial charge on any atom is 0.498 e. The highest BCUT2D eigenvalue weighted by atomic mass is 16.7. The molecule has 3 heterocycles. The van der Waals surface area contributed by atoms with Crippen molar-refractivity contribution in [2.75, 3.05) is 13.1 Å². The van der Waals surface area contributed by atoms with E-state index in [1.807, 2.05) is 27.7 Å². The second kappa shape index (κ2) is 6.00. The molecule has 7 nitrogen and oxygen atoms in total. The third-order valence-corrected chi connectivity index (χ3v) is 5.04. The van der Waals surface area contributed by atoms with E-state index in [4.69, 9.17) is 14.0 Å². The molecule has 0 aromatic carbocycles. The molecular weight excluding hydrogens is 309 g/mol. The van der Waals surface area contributed by atoms with Crippen LogP contribution in [0, 0.1) is 0 Å². The van der Waals surface area contributed by atoms with Crippen molar-refractivity contribution in [2.45, 2.75) is 58.3 Å². The highest BCUT2D eigenvalue weighted by Gasteiger charge is 2.52. The summed E-state index contributed by atoms with van der Waals surface area (Å²) < 4.78 is 17.7. The van der Waals surface area contributed by atoms with Gasteiger partial charge >= 0.3 is 13.1 Å². The van der Waals surface area contributed by atoms with Gasteiger partial charge < -0.3 is 18.9 Å². The lowest BCUT2D eigenvalue weighted by molar-refractivity contribution is -0.128. The third kappa shape index (κ3) is 3.25. The van der Waals surface area contributed by atoms with Crippen LogP contribution < -0.4 is 10.2 Å². The van der Waals surface area contributed by atoms with Gasteiger partial charge in [0.15, 0.2) is 0 Å². The smallest absolute Gasteiger partial charge is 0.458 e. The van der Waals surface area contributed by atoms with Gasteiger partial charge in [-0.1, -0.05) is 0 Å². The molecule has 130 valence electrons. The van der Waals surface area contributed by atoms with E-state index in [9.17, 15) is 4.79 Å². The first-order valence-corrected chi connectivity index (χ1v) is 8.28. The Bertz CT molecular complexity index is 604. The summed E-state index contributed by atoms with van der Waals surface area (Å²) in [7, 11) is -0.483. The van der Waals surface area contributed by atoms with Gasteiger partial charge in [-0.2, -0.15) is 0 Å². The fourth-order valence-electron chi connectivity index (χ4n) is 2.75. The molecule has 0 bridgehead atoms. The van der Waals surface area contributed by atoms with E-state index in [1.54, 1.807) is 24.2 Å². The van der Waals surface area contributed by atoms with Crippen molar-refractivity contribution in [2.24, 2.45) is 0 Å². The minimum absolute atomic E-state index is 0.0587. The Balaban J connectivity index is 1.62. The molecule has 0 unspecified atom stereocenters.